The van der Waals surface area contributed by atoms with Crippen LogP contribution in [0.1, 0.15) is 32.3 Å². The lowest BCUT2D eigenvalue weighted by Crippen LogP contribution is -2.73. The summed E-state index contributed by atoms with van der Waals surface area (Å²) in [6.45, 7) is 3.93. The van der Waals surface area contributed by atoms with Gasteiger partial charge < -0.3 is 15.5 Å². The summed E-state index contributed by atoms with van der Waals surface area (Å²) in [4.78, 5) is 0. The largest absolute Gasteiger partial charge is 0.411 e. The van der Waals surface area contributed by atoms with E-state index in [2.05, 4.69) is 29.4 Å². The molecule has 6 unspecified atom stereocenters. The third kappa shape index (κ3) is 1.56. The van der Waals surface area contributed by atoms with Crippen molar-refractivity contribution in [2.45, 2.75) is 37.7 Å². The van der Waals surface area contributed by atoms with E-state index in [-0.39, 0.29) is 23.7 Å². The van der Waals surface area contributed by atoms with Gasteiger partial charge in [-0.25, -0.2) is 0 Å². The average Bonchev–Trinajstić information content (AvgIpc) is 2.56. The van der Waals surface area contributed by atoms with Crippen LogP contribution in [0, 0.1) is 23.7 Å². The van der Waals surface area contributed by atoms with Crippen LogP contribution in [0.4, 0.5) is 0 Å². The lowest BCUT2D eigenvalue weighted by Gasteiger charge is -2.66. The van der Waals surface area contributed by atoms with Gasteiger partial charge in [0.1, 0.15) is 0 Å². The SMILES string of the molecule is CC1C2CC3(c4ccccc4)CC(/C2=N\O)/C(=N\O)C1C3(C)O. The maximum absolute atomic E-state index is 11.5. The fourth-order valence-electron chi connectivity index (χ4n) is 5.78. The smallest absolute Gasteiger partial charge is 0.0800 e. The molecule has 1 aromatic rings. The van der Waals surface area contributed by atoms with Crippen LogP contribution in [0.15, 0.2) is 40.6 Å². The summed E-state index contributed by atoms with van der Waals surface area (Å²) in [5.41, 5.74) is 0.999. The van der Waals surface area contributed by atoms with Crippen molar-refractivity contribution in [2.24, 2.45) is 34.0 Å². The Hall–Kier alpha value is -1.88. The van der Waals surface area contributed by atoms with Gasteiger partial charge in [-0.1, -0.05) is 47.6 Å². The minimum Gasteiger partial charge on any atom is -0.411 e. The minimum absolute atomic E-state index is 0.0789. The van der Waals surface area contributed by atoms with Gasteiger partial charge in [0.25, 0.3) is 0 Å². The molecule has 122 valence electrons. The highest BCUT2D eigenvalue weighted by Gasteiger charge is 2.70. The molecular weight excluding hydrogens is 292 g/mol. The third-order valence-electron chi connectivity index (χ3n) is 6.83. The first-order valence-corrected chi connectivity index (χ1v) is 8.19. The van der Waals surface area contributed by atoms with E-state index < -0.39 is 11.0 Å². The molecule has 5 nitrogen and oxygen atoms in total. The quantitative estimate of drug-likeness (QED) is 0.550. The molecule has 4 bridgehead atoms. The summed E-state index contributed by atoms with van der Waals surface area (Å²) in [6, 6.07) is 10.1. The van der Waals surface area contributed by atoms with Gasteiger partial charge in [-0.2, -0.15) is 0 Å². The second kappa shape index (κ2) is 4.57. The highest BCUT2D eigenvalue weighted by Crippen LogP contribution is 2.64. The first-order chi connectivity index (χ1) is 11.0. The predicted molar refractivity (Wildman–Crippen MR) is 86.1 cm³/mol. The summed E-state index contributed by atoms with van der Waals surface area (Å²) in [6.07, 6.45) is 1.37. The Labute approximate surface area is 135 Å². The number of nitrogens with zero attached hydrogens (tertiary/aromatic N) is 2. The van der Waals surface area contributed by atoms with Gasteiger partial charge in [0.05, 0.1) is 17.0 Å². The molecule has 0 radical (unpaired) electrons. The van der Waals surface area contributed by atoms with Gasteiger partial charge in [-0.15, -0.1) is 0 Å². The second-order valence-electron chi connectivity index (χ2n) is 7.55. The Kier molecular flexibility index (Phi) is 2.92. The molecule has 0 aromatic heterocycles. The Morgan fingerprint density at radius 1 is 1.04 bits per heavy atom. The zero-order valence-electron chi connectivity index (χ0n) is 13.3. The molecule has 4 aliphatic carbocycles. The zero-order valence-corrected chi connectivity index (χ0v) is 13.3. The first-order valence-electron chi connectivity index (χ1n) is 8.19. The summed E-state index contributed by atoms with van der Waals surface area (Å²) in [5.74, 6) is -0.231. The van der Waals surface area contributed by atoms with E-state index in [4.69, 9.17) is 0 Å². The normalized spacial score (nSPS) is 48.3. The standard InChI is InChI=1S/C18H22N2O3/c1-10-12-8-18(11-6-4-3-5-7-11)9-13(15(12)19-22)16(20-23)14(10)17(18,2)21/h3-7,10,12-14,21-23H,8-9H2,1-2H3/b19-15-,20-16+. The van der Waals surface area contributed by atoms with Crippen LogP contribution in [-0.4, -0.2) is 32.5 Å². The highest BCUT2D eigenvalue weighted by molar-refractivity contribution is 6.13. The van der Waals surface area contributed by atoms with Crippen molar-refractivity contribution >= 4 is 11.4 Å². The molecule has 4 saturated carbocycles. The van der Waals surface area contributed by atoms with Crippen LogP contribution >= 0.6 is 0 Å². The van der Waals surface area contributed by atoms with Gasteiger partial charge in [0.2, 0.25) is 0 Å². The molecule has 0 heterocycles. The first kappa shape index (κ1) is 14.7. The Balaban J connectivity index is 1.95. The van der Waals surface area contributed by atoms with Gasteiger partial charge >= 0.3 is 0 Å². The van der Waals surface area contributed by atoms with Crippen molar-refractivity contribution in [3.63, 3.8) is 0 Å². The predicted octanol–water partition coefficient (Wildman–Crippen LogP) is 2.64. The number of hydrogen-bond acceptors (Lipinski definition) is 5. The maximum atomic E-state index is 11.5. The fourth-order valence-corrected chi connectivity index (χ4v) is 5.78. The van der Waals surface area contributed by atoms with Gasteiger partial charge in [-0.3, -0.25) is 0 Å². The molecule has 6 atom stereocenters. The van der Waals surface area contributed by atoms with Crippen molar-refractivity contribution in [3.05, 3.63) is 35.9 Å². The zero-order chi connectivity index (χ0) is 16.4. The van der Waals surface area contributed by atoms with E-state index in [0.717, 1.165) is 12.0 Å². The summed E-state index contributed by atoms with van der Waals surface area (Å²) in [5, 5.41) is 37.7. The lowest BCUT2D eigenvalue weighted by molar-refractivity contribution is -0.132. The molecule has 5 heteroatoms. The van der Waals surface area contributed by atoms with Crippen molar-refractivity contribution in [1.82, 2.24) is 0 Å². The molecule has 3 N–H and O–H groups in total. The average molecular weight is 314 g/mol. The van der Waals surface area contributed by atoms with Crippen LogP contribution in [0.3, 0.4) is 0 Å². The Morgan fingerprint density at radius 3 is 2.30 bits per heavy atom. The highest BCUT2D eigenvalue weighted by atomic mass is 16.4. The molecule has 1 aromatic carbocycles. The Bertz CT molecular complexity index is 697. The molecule has 0 aliphatic heterocycles. The number of hydrogen-bond donors (Lipinski definition) is 3. The van der Waals surface area contributed by atoms with Crippen LogP contribution in [0.5, 0.6) is 0 Å². The van der Waals surface area contributed by atoms with Crippen LogP contribution in [0.25, 0.3) is 0 Å². The van der Waals surface area contributed by atoms with Crippen LogP contribution in [-0.2, 0) is 5.41 Å². The lowest BCUT2D eigenvalue weighted by atomic mass is 9.38. The van der Waals surface area contributed by atoms with Crippen LogP contribution in [0.2, 0.25) is 0 Å². The van der Waals surface area contributed by atoms with Crippen molar-refractivity contribution < 1.29 is 15.5 Å². The fraction of sp³-hybridized carbons (Fsp3) is 0.556. The van der Waals surface area contributed by atoms with Crippen molar-refractivity contribution in [1.29, 1.82) is 0 Å². The van der Waals surface area contributed by atoms with E-state index in [1.807, 2.05) is 25.1 Å². The van der Waals surface area contributed by atoms with E-state index in [1.54, 1.807) is 0 Å². The molecule has 0 amide bonds. The second-order valence-corrected chi connectivity index (χ2v) is 7.55. The summed E-state index contributed by atoms with van der Waals surface area (Å²) < 4.78 is 0. The number of rotatable bonds is 1. The molecule has 0 spiro atoms. The van der Waals surface area contributed by atoms with Gasteiger partial charge in [-0.05, 0) is 31.2 Å². The number of aliphatic hydroxyl groups is 1. The molecule has 4 aliphatic rings. The molecule has 0 saturated heterocycles. The van der Waals surface area contributed by atoms with E-state index in [9.17, 15) is 15.5 Å². The van der Waals surface area contributed by atoms with E-state index in [0.29, 0.717) is 17.8 Å². The monoisotopic (exact) mass is 314 g/mol. The molecule has 23 heavy (non-hydrogen) atoms. The third-order valence-corrected chi connectivity index (χ3v) is 6.83. The maximum Gasteiger partial charge on any atom is 0.0800 e. The topological polar surface area (TPSA) is 85.4 Å². The van der Waals surface area contributed by atoms with E-state index >= 15 is 0 Å². The summed E-state index contributed by atoms with van der Waals surface area (Å²) in [7, 11) is 0. The van der Waals surface area contributed by atoms with Crippen molar-refractivity contribution in [2.75, 3.05) is 0 Å². The minimum atomic E-state index is -0.997. The van der Waals surface area contributed by atoms with Gasteiger partial charge in [0, 0.05) is 23.2 Å². The van der Waals surface area contributed by atoms with Crippen LogP contribution < -0.4 is 0 Å². The van der Waals surface area contributed by atoms with Gasteiger partial charge in [0.15, 0.2) is 0 Å². The molecule has 4 fully saturated rings. The van der Waals surface area contributed by atoms with Crippen molar-refractivity contribution in [3.8, 4) is 0 Å². The number of oxime groups is 2. The number of benzene rings is 1. The van der Waals surface area contributed by atoms with E-state index in [1.165, 1.54) is 0 Å². The molecule has 5 rings (SSSR count). The molecular formula is C18H22N2O3. The Morgan fingerprint density at radius 2 is 1.70 bits per heavy atom. The summed E-state index contributed by atoms with van der Waals surface area (Å²) >= 11 is 0.